The van der Waals surface area contributed by atoms with Gasteiger partial charge >= 0.3 is 141 Å². The number of Topliss-reactive ketones (excluding diaryl/α,β-unsaturated/α-hetero) is 1. The Balaban J connectivity index is -0.0000000545. The van der Waals surface area contributed by atoms with Crippen LogP contribution >= 0.6 is 7.60 Å². The quantitative estimate of drug-likeness (QED) is 0.0398. The van der Waals surface area contributed by atoms with Crippen LogP contribution in [0.15, 0.2) is 0 Å². The summed E-state index contributed by atoms with van der Waals surface area (Å²) in [5, 5.41) is 23.8. The van der Waals surface area contributed by atoms with Crippen molar-refractivity contribution in [2.45, 2.75) is 66.0 Å². The number of terminal acetylenes is 2. The first-order valence-corrected chi connectivity index (χ1v) is 16.7. The molecule has 15 nitrogen and oxygen atoms in total. The van der Waals surface area contributed by atoms with Gasteiger partial charge < -0.3 is 51.3 Å². The van der Waals surface area contributed by atoms with Gasteiger partial charge in [-0.1, -0.05) is 7.43 Å². The molecule has 291 valence electrons. The van der Waals surface area contributed by atoms with Gasteiger partial charge in [0, 0.05) is 67.3 Å². The van der Waals surface area contributed by atoms with Crippen LogP contribution in [-0.4, -0.2) is 110 Å². The predicted octanol–water partition coefficient (Wildman–Crippen LogP) is -7.16. The minimum atomic E-state index is -3.18. The largest absolute Gasteiger partial charge is 1.00 e. The molecule has 1 heterocycles. The van der Waals surface area contributed by atoms with Crippen LogP contribution in [0.5, 0.6) is 0 Å². The second-order valence-electron chi connectivity index (χ2n) is 10.2. The molecule has 0 amide bonds. The molecule has 0 bridgehead atoms. The number of aldehydes is 1. The van der Waals surface area contributed by atoms with Gasteiger partial charge in [0.25, 0.3) is 6.47 Å². The Morgan fingerprint density at radius 1 is 0.981 bits per heavy atom. The first-order valence-electron chi connectivity index (χ1n) is 15.1. The van der Waals surface area contributed by atoms with Crippen molar-refractivity contribution >= 4 is 46.5 Å². The molecule has 3 saturated carbocycles. The number of aliphatic hydroxyl groups is 2. The van der Waals surface area contributed by atoms with Gasteiger partial charge in [-0.3, -0.25) is 23.7 Å². The van der Waals surface area contributed by atoms with Gasteiger partial charge in [-0.2, -0.15) is 0 Å². The minimum Gasteiger partial charge on any atom is -1.00 e. The average molecular weight is 822 g/mol. The van der Waals surface area contributed by atoms with Crippen LogP contribution in [0.3, 0.4) is 0 Å². The van der Waals surface area contributed by atoms with Crippen molar-refractivity contribution in [3.63, 3.8) is 0 Å². The van der Waals surface area contributed by atoms with Gasteiger partial charge in [0.2, 0.25) is 0 Å². The van der Waals surface area contributed by atoms with Crippen LogP contribution in [0.4, 0.5) is 0 Å². The molecular formula is C33H58BK2LiO15P. The van der Waals surface area contributed by atoms with E-state index in [1.165, 1.54) is 48.0 Å². The molecule has 7 atom stereocenters. The standard InChI is InChI=1S/C7H10O3.C7H8O2.C6H13O4P.C6H8O.C4H8O.CH2O3.CH4O.CH4.B.2K.Li.2H/c1-2-10-7(9)6-3-5(6)4-8;1-3-5-4-6(5)7(8)9-2;1-5(7)6(2)11(8,9-3)10-4;1-2-5-3-6(5)4-7;1-2-4-5-3-1;2-1-4-3;1-2;;;;;;;/h4-6H,2-3H2,1H3;1,5-6H,4H2,2H3;6H,1-4H3;1,5-7H,3-4H2;1-4H2;1,3H;2H,1H3;1H4;;;;;;/q;;;;;;;;;3*+1;2*-1/p-1/t2*5-,6?;;5-,6?;;;;;;;;;;/m10.0........../s1. The van der Waals surface area contributed by atoms with Crippen LogP contribution in [0, 0.1) is 60.2 Å². The van der Waals surface area contributed by atoms with Gasteiger partial charge in [0.1, 0.15) is 17.7 Å². The van der Waals surface area contributed by atoms with Crippen LogP contribution in [0.25, 0.3) is 0 Å². The van der Waals surface area contributed by atoms with E-state index >= 15 is 0 Å². The maximum absolute atomic E-state index is 11.4. The fourth-order valence-electron chi connectivity index (χ4n) is 3.45. The van der Waals surface area contributed by atoms with E-state index in [0.717, 1.165) is 39.5 Å². The van der Waals surface area contributed by atoms with Crippen LogP contribution in [-0.2, 0) is 56.7 Å². The summed E-state index contributed by atoms with van der Waals surface area (Å²) in [4.78, 5) is 53.5. The fraction of sp³-hybridized carbons (Fsp3) is 0.727. The summed E-state index contributed by atoms with van der Waals surface area (Å²) in [6, 6.07) is 0. The molecule has 0 aromatic rings. The van der Waals surface area contributed by atoms with Crippen LogP contribution in [0.2, 0.25) is 0 Å². The molecule has 1 aliphatic heterocycles. The molecule has 4 unspecified atom stereocenters. The van der Waals surface area contributed by atoms with Gasteiger partial charge in [-0.05, 0) is 58.8 Å². The number of rotatable bonds is 10. The van der Waals surface area contributed by atoms with Gasteiger partial charge in [-0.15, -0.1) is 24.7 Å². The summed E-state index contributed by atoms with van der Waals surface area (Å²) in [6.45, 7) is 7.14. The van der Waals surface area contributed by atoms with Gasteiger partial charge in [0.15, 0.2) is 0 Å². The summed E-state index contributed by atoms with van der Waals surface area (Å²) in [7, 11) is 1.74. The number of carbonyl (C=O) groups is 5. The van der Waals surface area contributed by atoms with E-state index in [1.54, 1.807) is 6.92 Å². The number of hydrogen-bond donors (Lipinski definition) is 2. The van der Waals surface area contributed by atoms with Crippen molar-refractivity contribution in [2.24, 2.45) is 35.5 Å². The van der Waals surface area contributed by atoms with Crippen molar-refractivity contribution in [3.05, 3.63) is 0 Å². The zero-order valence-electron chi connectivity index (χ0n) is 34.4. The average Bonchev–Trinajstić information content (AvgIpc) is 4.08. The first-order chi connectivity index (χ1) is 22.9. The smallest absolute Gasteiger partial charge is 1.00 e. The Kier molecular flexibility index (Phi) is 61.4. The van der Waals surface area contributed by atoms with E-state index in [-0.39, 0.29) is 195 Å². The van der Waals surface area contributed by atoms with Crippen molar-refractivity contribution < 1.29 is 197 Å². The molecule has 0 spiro atoms. The Hall–Kier alpha value is 0.795. The maximum Gasteiger partial charge on any atom is 1.00 e. The summed E-state index contributed by atoms with van der Waals surface area (Å²) in [5.74, 6) is 5.29. The topological polar surface area (TPSA) is 221 Å². The second-order valence-corrected chi connectivity index (χ2v) is 12.8. The molecule has 4 aliphatic rings. The Morgan fingerprint density at radius 2 is 1.45 bits per heavy atom. The number of carbonyl (C=O) groups excluding carboxylic acids is 5. The second kappa shape index (κ2) is 45.5. The number of esters is 2. The van der Waals surface area contributed by atoms with Gasteiger partial charge in [0.05, 0.1) is 25.6 Å². The fourth-order valence-corrected chi connectivity index (χ4v) is 4.68. The Morgan fingerprint density at radius 3 is 1.64 bits per heavy atom. The van der Waals surface area contributed by atoms with E-state index < -0.39 is 13.3 Å². The van der Waals surface area contributed by atoms with Crippen molar-refractivity contribution in [2.75, 3.05) is 54.9 Å². The molecular weight excluding hydrogens is 763 g/mol. The summed E-state index contributed by atoms with van der Waals surface area (Å²) >= 11 is 0. The summed E-state index contributed by atoms with van der Waals surface area (Å²) < 4.78 is 34.8. The molecule has 4 rings (SSSR count). The van der Waals surface area contributed by atoms with Gasteiger partial charge in [-0.25, -0.2) is 0 Å². The predicted molar refractivity (Wildman–Crippen MR) is 186 cm³/mol. The number of methoxy groups -OCH3 is 1. The molecule has 2 N–H and O–H groups in total. The monoisotopic (exact) mass is 821 g/mol. The Labute approximate surface area is 418 Å². The van der Waals surface area contributed by atoms with Crippen molar-refractivity contribution in [1.82, 2.24) is 0 Å². The van der Waals surface area contributed by atoms with E-state index in [4.69, 9.17) is 42.6 Å². The van der Waals surface area contributed by atoms with Crippen molar-refractivity contribution in [3.8, 4) is 24.7 Å². The normalized spacial score (nSPS) is 21.4. The number of aliphatic hydroxyl groups excluding tert-OH is 2. The van der Waals surface area contributed by atoms with Crippen molar-refractivity contribution in [1.29, 1.82) is 0 Å². The molecule has 53 heavy (non-hydrogen) atoms. The molecule has 0 aromatic carbocycles. The SMILES string of the molecule is C.C#C[C@H]1CC1C(=O)OC.C#C[C@H]1CC1CO.C1CCOC1.CCOC(=O)C1C[C@@H]1C=O.CO.COP(=O)(OC)C(C)C(C)=O.O=CO[O-].[B].[H-].[H-].[K+].[K+].[Li+]. The van der Waals surface area contributed by atoms with E-state index in [2.05, 4.69) is 30.5 Å². The zero-order chi connectivity index (χ0) is 37.7. The molecule has 4 fully saturated rings. The number of ether oxygens (including phenoxy) is 3. The molecule has 20 heteroatoms. The molecule has 1 saturated heterocycles. The third-order valence-corrected chi connectivity index (χ3v) is 9.25. The third-order valence-electron chi connectivity index (χ3n) is 6.92. The maximum atomic E-state index is 11.4. The van der Waals surface area contributed by atoms with E-state index in [0.29, 0.717) is 24.9 Å². The van der Waals surface area contributed by atoms with E-state index in [1.807, 2.05) is 0 Å². The van der Waals surface area contributed by atoms with Crippen LogP contribution in [0.1, 0.15) is 63.2 Å². The first kappa shape index (κ1) is 71.5. The zero-order valence-corrected chi connectivity index (χ0v) is 39.6. The summed E-state index contributed by atoms with van der Waals surface area (Å²) in [6.07, 6.45) is 16.0. The number of hydrogen-bond acceptors (Lipinski definition) is 15. The number of ketones is 1. The third kappa shape index (κ3) is 35.7. The van der Waals surface area contributed by atoms with E-state index in [9.17, 15) is 23.7 Å². The molecule has 3 aliphatic carbocycles. The molecule has 0 aromatic heterocycles. The molecule has 3 radical (unpaired) electrons. The van der Waals surface area contributed by atoms with Crippen LogP contribution < -0.4 is 127 Å². The summed E-state index contributed by atoms with van der Waals surface area (Å²) in [5.41, 5.74) is -0.683. The minimum absolute atomic E-state index is 0. The Bertz CT molecular complexity index is 1070.